The Morgan fingerprint density at radius 2 is 1.95 bits per heavy atom. The van der Waals surface area contributed by atoms with Gasteiger partial charge in [-0.2, -0.15) is 0 Å². The molecular formula is C29H33N3O4S. The monoisotopic (exact) mass is 519 g/mol. The molecule has 1 aromatic heterocycles. The second-order valence-electron chi connectivity index (χ2n) is 9.65. The summed E-state index contributed by atoms with van der Waals surface area (Å²) in [6, 6.07) is 11.6. The first-order valence-electron chi connectivity index (χ1n) is 13.0. The molecule has 0 spiro atoms. The number of aryl methyl sites for hydroxylation is 1. The predicted molar refractivity (Wildman–Crippen MR) is 146 cm³/mol. The fourth-order valence-corrected chi connectivity index (χ4v) is 5.79. The number of allylic oxidation sites excluding steroid dienone is 2. The van der Waals surface area contributed by atoms with E-state index in [4.69, 9.17) is 14.5 Å². The lowest BCUT2D eigenvalue weighted by molar-refractivity contribution is -0.120. The average Bonchev–Trinajstić information content (AvgIpc) is 3.38. The van der Waals surface area contributed by atoms with E-state index in [0.29, 0.717) is 47.1 Å². The van der Waals surface area contributed by atoms with Crippen LogP contribution in [-0.4, -0.2) is 27.5 Å². The number of nitrogens with one attached hydrogen (secondary N) is 1. The van der Waals surface area contributed by atoms with Gasteiger partial charge in [-0.25, -0.2) is 4.98 Å². The lowest BCUT2D eigenvalue weighted by Crippen LogP contribution is -2.33. The molecule has 2 aliphatic rings. The van der Waals surface area contributed by atoms with Crippen molar-refractivity contribution in [2.24, 2.45) is 0 Å². The summed E-state index contributed by atoms with van der Waals surface area (Å²) < 4.78 is 12.8. The van der Waals surface area contributed by atoms with Crippen molar-refractivity contribution < 1.29 is 14.3 Å². The summed E-state index contributed by atoms with van der Waals surface area (Å²) in [5, 5.41) is 3.75. The quantitative estimate of drug-likeness (QED) is 0.228. The molecule has 1 amide bonds. The molecule has 2 aromatic carbocycles. The number of hydrogen-bond donors (Lipinski definition) is 1. The van der Waals surface area contributed by atoms with Gasteiger partial charge in [0.1, 0.15) is 0 Å². The number of carbonyl (C=O) groups excluding carboxylic acids is 1. The van der Waals surface area contributed by atoms with Gasteiger partial charge < -0.3 is 14.8 Å². The highest BCUT2D eigenvalue weighted by Gasteiger charge is 2.24. The molecular weight excluding hydrogens is 486 g/mol. The summed E-state index contributed by atoms with van der Waals surface area (Å²) in [6.45, 7) is 5.16. The largest absolute Gasteiger partial charge is 0.454 e. The minimum atomic E-state index is -0.371. The van der Waals surface area contributed by atoms with Gasteiger partial charge in [0.05, 0.1) is 16.2 Å². The Kier molecular flexibility index (Phi) is 7.84. The number of aromatic nitrogens is 2. The number of rotatable bonds is 9. The second kappa shape index (κ2) is 11.4. The number of benzene rings is 2. The van der Waals surface area contributed by atoms with E-state index in [2.05, 4.69) is 11.4 Å². The molecule has 0 radical (unpaired) electrons. The van der Waals surface area contributed by atoms with Gasteiger partial charge >= 0.3 is 0 Å². The van der Waals surface area contributed by atoms with Crippen molar-refractivity contribution in [1.82, 2.24) is 14.9 Å². The maximum Gasteiger partial charge on any atom is 0.262 e. The number of amides is 1. The van der Waals surface area contributed by atoms with Crippen LogP contribution in [0.4, 0.5) is 0 Å². The van der Waals surface area contributed by atoms with Gasteiger partial charge in [-0.3, -0.25) is 14.2 Å². The second-order valence-corrected chi connectivity index (χ2v) is 10.8. The van der Waals surface area contributed by atoms with Crippen LogP contribution in [0.15, 0.2) is 58.0 Å². The molecule has 194 valence electrons. The summed E-state index contributed by atoms with van der Waals surface area (Å²) >= 11 is 1.36. The molecule has 0 saturated carbocycles. The first kappa shape index (κ1) is 25.4. The smallest absolute Gasteiger partial charge is 0.262 e. The highest BCUT2D eigenvalue weighted by atomic mass is 32.2. The molecule has 0 fully saturated rings. The van der Waals surface area contributed by atoms with Crippen molar-refractivity contribution in [3.8, 4) is 11.5 Å². The molecule has 1 aliphatic heterocycles. The van der Waals surface area contributed by atoms with E-state index in [9.17, 15) is 9.59 Å². The van der Waals surface area contributed by atoms with Crippen molar-refractivity contribution in [2.45, 2.75) is 75.9 Å². The molecule has 1 atom stereocenters. The van der Waals surface area contributed by atoms with Gasteiger partial charge in [-0.05, 0) is 57.1 Å². The molecule has 8 heteroatoms. The van der Waals surface area contributed by atoms with Crippen LogP contribution in [0.25, 0.3) is 10.9 Å². The van der Waals surface area contributed by atoms with Gasteiger partial charge in [0.15, 0.2) is 16.7 Å². The van der Waals surface area contributed by atoms with Gasteiger partial charge in [-0.15, -0.1) is 0 Å². The van der Waals surface area contributed by atoms with E-state index < -0.39 is 0 Å². The molecule has 0 saturated heterocycles. The zero-order valence-corrected chi connectivity index (χ0v) is 22.2. The van der Waals surface area contributed by atoms with Crippen LogP contribution in [0, 0.1) is 6.92 Å². The third-order valence-electron chi connectivity index (χ3n) is 6.95. The Morgan fingerprint density at radius 1 is 1.16 bits per heavy atom. The van der Waals surface area contributed by atoms with Gasteiger partial charge in [0.2, 0.25) is 12.7 Å². The van der Waals surface area contributed by atoms with Crippen molar-refractivity contribution >= 4 is 28.6 Å². The number of thioether (sulfide) groups is 1. The molecule has 0 unspecified atom stereocenters. The van der Waals surface area contributed by atoms with Crippen molar-refractivity contribution in [3.63, 3.8) is 0 Å². The maximum absolute atomic E-state index is 13.7. The normalized spacial score (nSPS) is 15.5. The standard InChI is InChI=1S/C29H33N3O4S/c1-3-26(27(33)30-17-21-11-9-19(2)10-12-21)37-29-31-23-16-25-24(35-18-36-25)15-22(23)28(34)32(29)14-13-20-7-5-4-6-8-20/h7,9-12,15-16,26H,3-6,8,13-14,17-18H2,1-2H3,(H,30,33)/t26-/m0/s1. The van der Waals surface area contributed by atoms with Gasteiger partial charge in [0.25, 0.3) is 5.56 Å². The molecule has 1 N–H and O–H groups in total. The number of fused-ring (bicyclic) bond motifs is 2. The maximum atomic E-state index is 13.7. The SMILES string of the molecule is CC[C@H](Sc1nc2cc3c(cc2c(=O)n1CCC1=CCCCC1)OCO3)C(=O)NCc1ccc(C)cc1. The zero-order chi connectivity index (χ0) is 25.8. The van der Waals surface area contributed by atoms with Crippen LogP contribution in [0.3, 0.4) is 0 Å². The van der Waals surface area contributed by atoms with Crippen LogP contribution in [0.5, 0.6) is 11.5 Å². The third kappa shape index (κ3) is 5.85. The molecule has 0 bridgehead atoms. The van der Waals surface area contributed by atoms with E-state index in [0.717, 1.165) is 24.8 Å². The van der Waals surface area contributed by atoms with Crippen LogP contribution in [-0.2, 0) is 17.9 Å². The summed E-state index contributed by atoms with van der Waals surface area (Å²) in [7, 11) is 0. The lowest BCUT2D eigenvalue weighted by atomic mass is 9.97. The highest BCUT2D eigenvalue weighted by molar-refractivity contribution is 8.00. The van der Waals surface area contributed by atoms with E-state index in [1.54, 1.807) is 16.7 Å². The molecule has 3 aromatic rings. The summed E-state index contributed by atoms with van der Waals surface area (Å²) in [5.74, 6) is 1.09. The van der Waals surface area contributed by atoms with E-state index >= 15 is 0 Å². The van der Waals surface area contributed by atoms with Crippen LogP contribution in [0.2, 0.25) is 0 Å². The van der Waals surface area contributed by atoms with Gasteiger partial charge in [0, 0.05) is 19.2 Å². The fourth-order valence-electron chi connectivity index (χ4n) is 4.72. The van der Waals surface area contributed by atoms with E-state index in [1.807, 2.05) is 38.1 Å². The van der Waals surface area contributed by atoms with E-state index in [-0.39, 0.29) is 23.5 Å². The Morgan fingerprint density at radius 3 is 2.68 bits per heavy atom. The molecule has 37 heavy (non-hydrogen) atoms. The molecule has 7 nitrogen and oxygen atoms in total. The molecule has 2 heterocycles. The summed E-state index contributed by atoms with van der Waals surface area (Å²) in [4.78, 5) is 31.7. The van der Waals surface area contributed by atoms with Crippen LogP contribution in [0.1, 0.15) is 56.6 Å². The Balaban J connectivity index is 1.42. The first-order chi connectivity index (χ1) is 18.0. The fraction of sp³-hybridized carbons (Fsp3) is 0.414. The van der Waals surface area contributed by atoms with Crippen molar-refractivity contribution in [2.75, 3.05) is 6.79 Å². The van der Waals surface area contributed by atoms with Crippen LogP contribution < -0.4 is 20.3 Å². The third-order valence-corrected chi connectivity index (χ3v) is 8.31. The summed E-state index contributed by atoms with van der Waals surface area (Å²) in [5.41, 5.74) is 4.07. The lowest BCUT2D eigenvalue weighted by Gasteiger charge is -2.19. The molecule has 1 aliphatic carbocycles. The van der Waals surface area contributed by atoms with Crippen molar-refractivity contribution in [1.29, 1.82) is 0 Å². The number of hydrogen-bond acceptors (Lipinski definition) is 6. The number of ether oxygens (including phenoxy) is 2. The zero-order valence-electron chi connectivity index (χ0n) is 21.4. The van der Waals surface area contributed by atoms with E-state index in [1.165, 1.54) is 35.7 Å². The predicted octanol–water partition coefficient (Wildman–Crippen LogP) is 5.51. The number of carbonyl (C=O) groups is 1. The number of nitrogens with zero attached hydrogens (tertiary/aromatic N) is 2. The summed E-state index contributed by atoms with van der Waals surface area (Å²) in [6.07, 6.45) is 8.33. The highest BCUT2D eigenvalue weighted by Crippen LogP contribution is 2.35. The topological polar surface area (TPSA) is 82.5 Å². The van der Waals surface area contributed by atoms with Gasteiger partial charge in [-0.1, -0.05) is 60.2 Å². The minimum Gasteiger partial charge on any atom is -0.454 e. The average molecular weight is 520 g/mol. The van der Waals surface area contributed by atoms with Crippen molar-refractivity contribution in [3.05, 3.63) is 69.5 Å². The first-order valence-corrected chi connectivity index (χ1v) is 13.9. The Labute approximate surface area is 221 Å². The Bertz CT molecular complexity index is 1380. The minimum absolute atomic E-state index is 0.0605. The van der Waals surface area contributed by atoms with Crippen LogP contribution >= 0.6 is 11.8 Å². The molecule has 5 rings (SSSR count). The Hall–Kier alpha value is -3.26.